The number of halogens is 1. The number of benzene rings is 2. The highest BCUT2D eigenvalue weighted by Crippen LogP contribution is 2.26. The summed E-state index contributed by atoms with van der Waals surface area (Å²) in [6.07, 6.45) is 0. The summed E-state index contributed by atoms with van der Waals surface area (Å²) in [4.78, 5) is 4.31. The third-order valence-electron chi connectivity index (χ3n) is 2.70. The van der Waals surface area contributed by atoms with Crippen molar-refractivity contribution in [1.29, 1.82) is 0 Å². The topological polar surface area (TPSA) is 52.0 Å². The average Bonchev–Trinajstić information content (AvgIpc) is 2.70. The van der Waals surface area contributed by atoms with Gasteiger partial charge >= 0.3 is 0 Å². The molecule has 2 N–H and O–H groups in total. The zero-order valence-electron chi connectivity index (χ0n) is 9.77. The van der Waals surface area contributed by atoms with Crippen LogP contribution in [0.4, 0.5) is 10.1 Å². The predicted octanol–water partition coefficient (Wildman–Crippen LogP) is 3.52. The van der Waals surface area contributed by atoms with Crippen molar-refractivity contribution in [3.63, 3.8) is 0 Å². The summed E-state index contributed by atoms with van der Waals surface area (Å²) in [5.41, 5.74) is 9.07. The quantitative estimate of drug-likeness (QED) is 0.664. The molecule has 0 aliphatic heterocycles. The SMILES string of the molecule is Cc1cc(F)cc(-c2nc3cc(N)ccc3o2)c1. The molecule has 0 radical (unpaired) electrons. The fourth-order valence-corrected chi connectivity index (χ4v) is 1.93. The molecule has 3 rings (SSSR count). The molecule has 0 unspecified atom stereocenters. The van der Waals surface area contributed by atoms with Gasteiger partial charge in [0.15, 0.2) is 5.58 Å². The fourth-order valence-electron chi connectivity index (χ4n) is 1.93. The number of rotatable bonds is 1. The molecule has 3 nitrogen and oxygen atoms in total. The third-order valence-corrected chi connectivity index (χ3v) is 2.70. The van der Waals surface area contributed by atoms with E-state index >= 15 is 0 Å². The predicted molar refractivity (Wildman–Crippen MR) is 68.6 cm³/mol. The fraction of sp³-hybridized carbons (Fsp3) is 0.0714. The number of hydrogen-bond donors (Lipinski definition) is 1. The Balaban J connectivity index is 2.19. The summed E-state index contributed by atoms with van der Waals surface area (Å²) in [6.45, 7) is 1.83. The van der Waals surface area contributed by atoms with Crippen molar-refractivity contribution >= 4 is 16.8 Å². The molecular weight excluding hydrogens is 231 g/mol. The molecule has 0 aliphatic carbocycles. The summed E-state index contributed by atoms with van der Waals surface area (Å²) in [6, 6.07) is 9.93. The summed E-state index contributed by atoms with van der Waals surface area (Å²) < 4.78 is 18.9. The maximum atomic E-state index is 13.3. The Morgan fingerprint density at radius 3 is 2.78 bits per heavy atom. The van der Waals surface area contributed by atoms with Gasteiger partial charge in [-0.15, -0.1) is 0 Å². The van der Waals surface area contributed by atoms with E-state index in [1.165, 1.54) is 12.1 Å². The van der Waals surface area contributed by atoms with Gasteiger partial charge in [0.1, 0.15) is 11.3 Å². The van der Waals surface area contributed by atoms with Crippen LogP contribution < -0.4 is 5.73 Å². The van der Waals surface area contributed by atoms with Gasteiger partial charge in [-0.3, -0.25) is 0 Å². The number of hydrogen-bond acceptors (Lipinski definition) is 3. The van der Waals surface area contributed by atoms with Crippen molar-refractivity contribution < 1.29 is 8.81 Å². The van der Waals surface area contributed by atoms with Crippen LogP contribution in [0.3, 0.4) is 0 Å². The van der Waals surface area contributed by atoms with E-state index in [0.29, 0.717) is 28.2 Å². The first-order valence-corrected chi connectivity index (χ1v) is 5.55. The first-order chi connectivity index (χ1) is 8.61. The maximum Gasteiger partial charge on any atom is 0.227 e. The molecule has 4 heteroatoms. The molecule has 1 aromatic heterocycles. The summed E-state index contributed by atoms with van der Waals surface area (Å²) in [5.74, 6) is 0.102. The smallest absolute Gasteiger partial charge is 0.227 e. The van der Waals surface area contributed by atoms with Gasteiger partial charge in [0.05, 0.1) is 0 Å². The van der Waals surface area contributed by atoms with E-state index < -0.39 is 0 Å². The van der Waals surface area contributed by atoms with E-state index in [4.69, 9.17) is 10.2 Å². The number of nitrogens with two attached hydrogens (primary N) is 1. The molecule has 0 fully saturated rings. The van der Waals surface area contributed by atoms with Crippen molar-refractivity contribution in [1.82, 2.24) is 4.98 Å². The van der Waals surface area contributed by atoms with Crippen LogP contribution in [0.2, 0.25) is 0 Å². The van der Waals surface area contributed by atoms with Crippen LogP contribution in [-0.2, 0) is 0 Å². The van der Waals surface area contributed by atoms with Gasteiger partial charge in [-0.1, -0.05) is 0 Å². The van der Waals surface area contributed by atoms with Crippen molar-refractivity contribution in [2.24, 2.45) is 0 Å². The molecule has 90 valence electrons. The molecule has 0 atom stereocenters. The van der Waals surface area contributed by atoms with Crippen molar-refractivity contribution in [2.75, 3.05) is 5.73 Å². The number of fused-ring (bicyclic) bond motifs is 1. The maximum absolute atomic E-state index is 13.3. The third kappa shape index (κ3) is 1.82. The lowest BCUT2D eigenvalue weighted by Crippen LogP contribution is -1.83. The second-order valence-corrected chi connectivity index (χ2v) is 4.26. The van der Waals surface area contributed by atoms with Gasteiger partial charge < -0.3 is 10.2 Å². The highest BCUT2D eigenvalue weighted by Gasteiger charge is 2.09. The minimum absolute atomic E-state index is 0.299. The molecule has 18 heavy (non-hydrogen) atoms. The summed E-state index contributed by atoms with van der Waals surface area (Å²) >= 11 is 0. The average molecular weight is 242 g/mol. The zero-order chi connectivity index (χ0) is 12.7. The van der Waals surface area contributed by atoms with Crippen molar-refractivity contribution in [3.8, 4) is 11.5 Å². The first kappa shape index (κ1) is 10.8. The van der Waals surface area contributed by atoms with Crippen LogP contribution in [0.5, 0.6) is 0 Å². The monoisotopic (exact) mass is 242 g/mol. The largest absolute Gasteiger partial charge is 0.436 e. The van der Waals surface area contributed by atoms with Crippen LogP contribution >= 0.6 is 0 Å². The van der Waals surface area contributed by atoms with Crippen LogP contribution in [-0.4, -0.2) is 4.98 Å². The molecule has 0 saturated heterocycles. The van der Waals surface area contributed by atoms with E-state index in [9.17, 15) is 4.39 Å². The second-order valence-electron chi connectivity index (χ2n) is 4.26. The number of aryl methyl sites for hydroxylation is 1. The van der Waals surface area contributed by atoms with Crippen LogP contribution in [0.25, 0.3) is 22.6 Å². The molecule has 0 spiro atoms. The molecule has 3 aromatic rings. The zero-order valence-corrected chi connectivity index (χ0v) is 9.77. The standard InChI is InChI=1S/C14H11FN2O/c1-8-4-9(6-10(15)5-8)14-17-12-7-11(16)2-3-13(12)18-14/h2-7H,16H2,1H3. The Kier molecular flexibility index (Phi) is 2.30. The Morgan fingerprint density at radius 1 is 1.17 bits per heavy atom. The van der Waals surface area contributed by atoms with Crippen molar-refractivity contribution in [2.45, 2.75) is 6.92 Å². The molecule has 0 bridgehead atoms. The molecular formula is C14H11FN2O. The van der Waals surface area contributed by atoms with Gasteiger partial charge in [-0.05, 0) is 48.9 Å². The van der Waals surface area contributed by atoms with Crippen molar-refractivity contribution in [3.05, 3.63) is 47.8 Å². The molecule has 1 heterocycles. The normalized spacial score (nSPS) is 11.0. The Morgan fingerprint density at radius 2 is 2.00 bits per heavy atom. The highest BCUT2D eigenvalue weighted by atomic mass is 19.1. The van der Waals surface area contributed by atoms with E-state index in [2.05, 4.69) is 4.98 Å². The molecule has 0 aliphatic rings. The lowest BCUT2D eigenvalue weighted by Gasteiger charge is -1.98. The number of anilines is 1. The van der Waals surface area contributed by atoms with E-state index in [-0.39, 0.29) is 5.82 Å². The van der Waals surface area contributed by atoms with Gasteiger partial charge in [0.25, 0.3) is 0 Å². The Hall–Kier alpha value is -2.36. The minimum atomic E-state index is -0.299. The van der Waals surface area contributed by atoms with Gasteiger partial charge in [0, 0.05) is 11.3 Å². The minimum Gasteiger partial charge on any atom is -0.436 e. The van der Waals surface area contributed by atoms with Crippen LogP contribution in [0.15, 0.2) is 40.8 Å². The molecule has 0 amide bonds. The van der Waals surface area contributed by atoms with E-state index in [0.717, 1.165) is 5.56 Å². The lowest BCUT2D eigenvalue weighted by atomic mass is 10.1. The molecule has 2 aromatic carbocycles. The number of oxazole rings is 1. The summed E-state index contributed by atoms with van der Waals surface area (Å²) in [5, 5.41) is 0. The van der Waals surface area contributed by atoms with Crippen LogP contribution in [0.1, 0.15) is 5.56 Å². The Labute approximate surface area is 103 Å². The lowest BCUT2D eigenvalue weighted by molar-refractivity contribution is 0.610. The van der Waals surface area contributed by atoms with Gasteiger partial charge in [-0.2, -0.15) is 0 Å². The summed E-state index contributed by atoms with van der Waals surface area (Å²) in [7, 11) is 0. The highest BCUT2D eigenvalue weighted by molar-refractivity contribution is 5.79. The van der Waals surface area contributed by atoms with E-state index in [1.54, 1.807) is 18.2 Å². The number of aromatic nitrogens is 1. The van der Waals surface area contributed by atoms with Crippen LogP contribution in [0, 0.1) is 12.7 Å². The number of nitrogens with zero attached hydrogens (tertiary/aromatic N) is 1. The van der Waals surface area contributed by atoms with E-state index in [1.807, 2.05) is 13.0 Å². The molecule has 0 saturated carbocycles. The van der Waals surface area contributed by atoms with Gasteiger partial charge in [-0.25, -0.2) is 9.37 Å². The van der Waals surface area contributed by atoms with Gasteiger partial charge in [0.2, 0.25) is 5.89 Å². The number of nitrogen functional groups attached to an aromatic ring is 1. The second kappa shape index (κ2) is 3.84. The Bertz CT molecular complexity index is 713. The first-order valence-electron chi connectivity index (χ1n) is 5.55.